The van der Waals surface area contributed by atoms with Gasteiger partial charge in [-0.15, -0.1) is 0 Å². The molecule has 25 heavy (non-hydrogen) atoms. The zero-order chi connectivity index (χ0) is 17.4. The van der Waals surface area contributed by atoms with Gasteiger partial charge in [-0.05, 0) is 68.5 Å². The number of nitrogens with one attached hydrogen (secondary N) is 2. The first-order valence-electron chi connectivity index (χ1n) is 8.86. The van der Waals surface area contributed by atoms with Gasteiger partial charge in [0.1, 0.15) is 6.33 Å². The Morgan fingerprint density at radius 1 is 1.24 bits per heavy atom. The molecule has 7 heteroatoms. The van der Waals surface area contributed by atoms with Crippen LogP contribution in [0.5, 0.6) is 0 Å². The summed E-state index contributed by atoms with van der Waals surface area (Å²) in [5, 5.41) is 10.4. The molecule has 1 aliphatic heterocycles. The number of aryl methyl sites for hydroxylation is 1. The first kappa shape index (κ1) is 16.1. The summed E-state index contributed by atoms with van der Waals surface area (Å²) in [7, 11) is 1.66. The van der Waals surface area contributed by atoms with Gasteiger partial charge in [0.05, 0.1) is 5.69 Å². The van der Waals surface area contributed by atoms with E-state index in [1.807, 2.05) is 12.1 Å². The molecule has 2 aliphatic rings. The van der Waals surface area contributed by atoms with E-state index in [9.17, 15) is 9.59 Å². The van der Waals surface area contributed by atoms with Gasteiger partial charge in [0, 0.05) is 18.7 Å². The van der Waals surface area contributed by atoms with Crippen LogP contribution < -0.4 is 16.3 Å². The molecule has 132 valence electrons. The second kappa shape index (κ2) is 6.48. The van der Waals surface area contributed by atoms with Crippen molar-refractivity contribution in [3.8, 4) is 5.69 Å². The van der Waals surface area contributed by atoms with Crippen molar-refractivity contribution in [2.24, 2.45) is 24.8 Å². The highest BCUT2D eigenvalue weighted by atomic mass is 16.2. The summed E-state index contributed by atoms with van der Waals surface area (Å²) in [6.07, 6.45) is 4.86. The lowest BCUT2D eigenvalue weighted by molar-refractivity contribution is -0.117. The fourth-order valence-electron chi connectivity index (χ4n) is 3.78. The molecule has 1 amide bonds. The van der Waals surface area contributed by atoms with E-state index in [-0.39, 0.29) is 17.5 Å². The fraction of sp³-hybridized carbons (Fsp3) is 0.500. The Kier molecular flexibility index (Phi) is 4.17. The molecule has 2 atom stereocenters. The van der Waals surface area contributed by atoms with Gasteiger partial charge in [-0.2, -0.15) is 9.78 Å². The first-order valence-corrected chi connectivity index (χ1v) is 8.86. The number of carbonyl (C=O) groups is 1. The summed E-state index contributed by atoms with van der Waals surface area (Å²) in [4.78, 5) is 24.3. The number of nitrogens with zero attached hydrogens (tertiary/aromatic N) is 3. The van der Waals surface area contributed by atoms with E-state index < -0.39 is 0 Å². The lowest BCUT2D eigenvalue weighted by Gasteiger charge is -2.22. The van der Waals surface area contributed by atoms with Crippen LogP contribution in [-0.2, 0) is 11.8 Å². The van der Waals surface area contributed by atoms with Crippen molar-refractivity contribution in [2.45, 2.75) is 19.3 Å². The van der Waals surface area contributed by atoms with E-state index in [2.05, 4.69) is 15.7 Å². The van der Waals surface area contributed by atoms with Crippen LogP contribution in [0.4, 0.5) is 5.69 Å². The molecule has 2 fully saturated rings. The molecule has 2 aromatic rings. The number of anilines is 1. The van der Waals surface area contributed by atoms with Gasteiger partial charge in [-0.1, -0.05) is 0 Å². The van der Waals surface area contributed by atoms with Crippen molar-refractivity contribution in [1.29, 1.82) is 0 Å². The topological polar surface area (TPSA) is 81.0 Å². The van der Waals surface area contributed by atoms with Crippen LogP contribution in [0.15, 0.2) is 35.4 Å². The van der Waals surface area contributed by atoms with Gasteiger partial charge < -0.3 is 10.6 Å². The number of piperidine rings is 1. The molecule has 1 aliphatic carbocycles. The summed E-state index contributed by atoms with van der Waals surface area (Å²) in [5.41, 5.74) is 1.25. The molecule has 2 heterocycles. The fourth-order valence-corrected chi connectivity index (χ4v) is 3.78. The van der Waals surface area contributed by atoms with Gasteiger partial charge >= 0.3 is 5.69 Å². The predicted molar refractivity (Wildman–Crippen MR) is 94.6 cm³/mol. The predicted octanol–water partition coefficient (Wildman–Crippen LogP) is 1.15. The van der Waals surface area contributed by atoms with E-state index in [0.717, 1.165) is 25.2 Å². The second-order valence-electron chi connectivity index (χ2n) is 7.07. The molecule has 2 N–H and O–H groups in total. The van der Waals surface area contributed by atoms with E-state index in [1.165, 1.54) is 28.4 Å². The maximum atomic E-state index is 12.4. The normalized spacial score (nSPS) is 23.4. The molecule has 0 unspecified atom stereocenters. The summed E-state index contributed by atoms with van der Waals surface area (Å²) >= 11 is 0. The number of rotatable bonds is 4. The number of benzene rings is 1. The zero-order valence-electron chi connectivity index (χ0n) is 14.3. The average molecular weight is 341 g/mol. The molecule has 7 nitrogen and oxygen atoms in total. The van der Waals surface area contributed by atoms with Gasteiger partial charge in [-0.3, -0.25) is 9.36 Å². The van der Waals surface area contributed by atoms with E-state index in [1.54, 1.807) is 19.2 Å². The minimum Gasteiger partial charge on any atom is -0.326 e. The lowest BCUT2D eigenvalue weighted by atomic mass is 9.92. The minimum atomic E-state index is -0.195. The summed E-state index contributed by atoms with van der Waals surface area (Å²) in [6.45, 7) is 2.15. The molecule has 0 spiro atoms. The van der Waals surface area contributed by atoms with Crippen LogP contribution in [-0.4, -0.2) is 33.3 Å². The molecule has 0 radical (unpaired) electrons. The van der Waals surface area contributed by atoms with Crippen molar-refractivity contribution in [3.63, 3.8) is 0 Å². The van der Waals surface area contributed by atoms with Gasteiger partial charge in [0.25, 0.3) is 0 Å². The standard InChI is InChI=1S/C18H23N5O2/c1-22-11-20-23(18(22)25)14-4-2-13(3-5-14)21-17(24)16-10-15(16)12-6-8-19-9-7-12/h2-5,11-12,15-16,19H,6-10H2,1H3,(H,21,24)/t15-,16+/m0/s1. The Hall–Kier alpha value is -2.41. The van der Waals surface area contributed by atoms with Gasteiger partial charge in [-0.25, -0.2) is 4.79 Å². The van der Waals surface area contributed by atoms with Crippen LogP contribution in [0.3, 0.4) is 0 Å². The average Bonchev–Trinajstić information content (AvgIpc) is 3.38. The molecule has 4 rings (SSSR count). The number of aromatic nitrogens is 3. The highest BCUT2D eigenvalue weighted by Gasteiger charge is 2.47. The van der Waals surface area contributed by atoms with Crippen LogP contribution in [0.25, 0.3) is 5.69 Å². The third-order valence-electron chi connectivity index (χ3n) is 5.37. The summed E-state index contributed by atoms with van der Waals surface area (Å²) in [6, 6.07) is 7.22. The van der Waals surface area contributed by atoms with E-state index in [4.69, 9.17) is 0 Å². The molecule has 1 aromatic heterocycles. The van der Waals surface area contributed by atoms with Gasteiger partial charge in [0.2, 0.25) is 5.91 Å². The van der Waals surface area contributed by atoms with E-state index in [0.29, 0.717) is 17.5 Å². The van der Waals surface area contributed by atoms with Crippen molar-refractivity contribution >= 4 is 11.6 Å². The van der Waals surface area contributed by atoms with Crippen molar-refractivity contribution in [1.82, 2.24) is 19.7 Å². The summed E-state index contributed by atoms with van der Waals surface area (Å²) < 4.78 is 2.75. The number of hydrogen-bond donors (Lipinski definition) is 2. The Labute approximate surface area is 146 Å². The van der Waals surface area contributed by atoms with Crippen LogP contribution >= 0.6 is 0 Å². The Morgan fingerprint density at radius 2 is 1.96 bits per heavy atom. The lowest BCUT2D eigenvalue weighted by Crippen LogP contribution is -2.29. The highest BCUT2D eigenvalue weighted by molar-refractivity contribution is 5.94. The first-order chi connectivity index (χ1) is 12.1. The third kappa shape index (κ3) is 3.24. The molecule has 1 aromatic carbocycles. The minimum absolute atomic E-state index is 0.117. The third-order valence-corrected chi connectivity index (χ3v) is 5.37. The zero-order valence-corrected chi connectivity index (χ0v) is 14.3. The number of carbonyl (C=O) groups excluding carboxylic acids is 1. The van der Waals surface area contributed by atoms with Gasteiger partial charge in [0.15, 0.2) is 0 Å². The monoisotopic (exact) mass is 341 g/mol. The molecule has 1 saturated heterocycles. The number of hydrogen-bond acceptors (Lipinski definition) is 4. The Bertz CT molecular complexity index is 817. The van der Waals surface area contributed by atoms with Crippen LogP contribution in [0.1, 0.15) is 19.3 Å². The smallest absolute Gasteiger partial charge is 0.326 e. The molecular formula is C18H23N5O2. The largest absolute Gasteiger partial charge is 0.350 e. The molecular weight excluding hydrogens is 318 g/mol. The van der Waals surface area contributed by atoms with E-state index >= 15 is 0 Å². The van der Waals surface area contributed by atoms with Crippen molar-refractivity contribution < 1.29 is 4.79 Å². The Balaban J connectivity index is 1.38. The number of amides is 1. The second-order valence-corrected chi connectivity index (χ2v) is 7.07. The Morgan fingerprint density at radius 3 is 2.60 bits per heavy atom. The summed E-state index contributed by atoms with van der Waals surface area (Å²) in [5.74, 6) is 1.51. The van der Waals surface area contributed by atoms with Crippen molar-refractivity contribution in [2.75, 3.05) is 18.4 Å². The maximum Gasteiger partial charge on any atom is 0.350 e. The SMILES string of the molecule is Cn1cnn(-c2ccc(NC(=O)[C@@H]3C[C@H]3C3CCNCC3)cc2)c1=O. The van der Waals surface area contributed by atoms with Crippen LogP contribution in [0.2, 0.25) is 0 Å². The highest BCUT2D eigenvalue weighted by Crippen LogP contribution is 2.47. The van der Waals surface area contributed by atoms with Crippen LogP contribution in [0, 0.1) is 17.8 Å². The molecule has 1 saturated carbocycles. The van der Waals surface area contributed by atoms with Crippen molar-refractivity contribution in [3.05, 3.63) is 41.1 Å². The quantitative estimate of drug-likeness (QED) is 0.874. The molecule has 0 bridgehead atoms. The maximum absolute atomic E-state index is 12.4.